The van der Waals surface area contributed by atoms with E-state index in [2.05, 4.69) is 9.97 Å². The number of para-hydroxylation sites is 1. The summed E-state index contributed by atoms with van der Waals surface area (Å²) < 4.78 is 5.17. The van der Waals surface area contributed by atoms with Gasteiger partial charge in [0.1, 0.15) is 11.3 Å². The first-order valence-corrected chi connectivity index (χ1v) is 5.09. The Hall–Kier alpha value is -2.30. The fourth-order valence-electron chi connectivity index (χ4n) is 1.72. The van der Waals surface area contributed by atoms with Crippen LogP contribution in [0.5, 0.6) is 5.75 Å². The molecular formula is C12H12N2O3. The van der Waals surface area contributed by atoms with Crippen LogP contribution in [-0.2, 0) is 6.42 Å². The van der Waals surface area contributed by atoms with Crippen LogP contribution < -0.4 is 4.74 Å². The highest BCUT2D eigenvalue weighted by Gasteiger charge is 2.15. The van der Waals surface area contributed by atoms with Gasteiger partial charge in [-0.1, -0.05) is 12.1 Å². The van der Waals surface area contributed by atoms with Crippen molar-refractivity contribution < 1.29 is 14.6 Å². The van der Waals surface area contributed by atoms with Crippen LogP contribution in [0.15, 0.2) is 30.7 Å². The van der Waals surface area contributed by atoms with Crippen LogP contribution >= 0.6 is 0 Å². The molecule has 2 N–H and O–H groups in total. The lowest BCUT2D eigenvalue weighted by Crippen LogP contribution is -2.03. The van der Waals surface area contributed by atoms with Gasteiger partial charge >= 0.3 is 5.97 Å². The molecule has 5 heteroatoms. The van der Waals surface area contributed by atoms with E-state index in [0.29, 0.717) is 12.2 Å². The van der Waals surface area contributed by atoms with E-state index in [0.717, 1.165) is 11.3 Å². The van der Waals surface area contributed by atoms with Crippen molar-refractivity contribution >= 4 is 5.97 Å². The number of benzene rings is 1. The molecule has 1 aromatic heterocycles. The van der Waals surface area contributed by atoms with Crippen molar-refractivity contribution in [3.8, 4) is 5.75 Å². The van der Waals surface area contributed by atoms with Gasteiger partial charge in [0.25, 0.3) is 0 Å². The van der Waals surface area contributed by atoms with E-state index in [1.54, 1.807) is 18.6 Å². The van der Waals surface area contributed by atoms with Crippen molar-refractivity contribution in [1.29, 1.82) is 0 Å². The number of aromatic amines is 1. The number of methoxy groups -OCH3 is 1. The third-order valence-corrected chi connectivity index (χ3v) is 2.46. The highest BCUT2D eigenvalue weighted by atomic mass is 16.5. The predicted octanol–water partition coefficient (Wildman–Crippen LogP) is 1.71. The predicted molar refractivity (Wildman–Crippen MR) is 61.3 cm³/mol. The standard InChI is InChI=1S/C12H12N2O3/c1-17-11-8(5-9-6-13-7-14-9)3-2-4-10(11)12(15)16/h2-4,6-7H,5H2,1H3,(H,13,14)(H,15,16). The second kappa shape index (κ2) is 4.69. The molecule has 0 radical (unpaired) electrons. The average molecular weight is 232 g/mol. The number of hydrogen-bond acceptors (Lipinski definition) is 3. The maximum absolute atomic E-state index is 11.0. The molecule has 1 heterocycles. The van der Waals surface area contributed by atoms with E-state index >= 15 is 0 Å². The molecule has 2 rings (SSSR count). The molecule has 17 heavy (non-hydrogen) atoms. The minimum absolute atomic E-state index is 0.167. The molecule has 0 aliphatic rings. The number of aromatic nitrogens is 2. The number of carbonyl (C=O) groups is 1. The highest BCUT2D eigenvalue weighted by Crippen LogP contribution is 2.25. The number of hydrogen-bond donors (Lipinski definition) is 2. The molecule has 0 saturated heterocycles. The summed E-state index contributed by atoms with van der Waals surface area (Å²) in [5.74, 6) is -0.603. The summed E-state index contributed by atoms with van der Waals surface area (Å²) in [4.78, 5) is 18.0. The zero-order valence-electron chi connectivity index (χ0n) is 9.30. The molecule has 0 saturated carbocycles. The van der Waals surface area contributed by atoms with Crippen LogP contribution in [0.3, 0.4) is 0 Å². The SMILES string of the molecule is COc1c(Cc2c[nH]cn2)cccc1C(=O)O. The lowest BCUT2D eigenvalue weighted by atomic mass is 10.0. The third kappa shape index (κ3) is 2.28. The van der Waals surface area contributed by atoms with Gasteiger partial charge in [-0.05, 0) is 6.07 Å². The number of nitrogens with one attached hydrogen (secondary N) is 1. The Labute approximate surface area is 98.1 Å². The van der Waals surface area contributed by atoms with Gasteiger partial charge in [0.15, 0.2) is 0 Å². The molecular weight excluding hydrogens is 220 g/mol. The van der Waals surface area contributed by atoms with Gasteiger partial charge in [0.05, 0.1) is 19.1 Å². The molecule has 88 valence electrons. The van der Waals surface area contributed by atoms with Crippen molar-refractivity contribution in [2.45, 2.75) is 6.42 Å². The summed E-state index contributed by atoms with van der Waals surface area (Å²) in [6.45, 7) is 0. The summed E-state index contributed by atoms with van der Waals surface area (Å²) in [6, 6.07) is 5.06. The molecule has 0 unspecified atom stereocenters. The average Bonchev–Trinajstić information content (AvgIpc) is 2.81. The van der Waals surface area contributed by atoms with E-state index in [9.17, 15) is 4.79 Å². The van der Waals surface area contributed by atoms with Crippen molar-refractivity contribution in [3.63, 3.8) is 0 Å². The Kier molecular flexibility index (Phi) is 3.09. The topological polar surface area (TPSA) is 75.2 Å². The summed E-state index contributed by atoms with van der Waals surface area (Å²) >= 11 is 0. The fraction of sp³-hybridized carbons (Fsp3) is 0.167. The van der Waals surface area contributed by atoms with Crippen molar-refractivity contribution in [2.75, 3.05) is 7.11 Å². The van der Waals surface area contributed by atoms with Gasteiger partial charge in [-0.2, -0.15) is 0 Å². The number of nitrogens with zero attached hydrogens (tertiary/aromatic N) is 1. The quantitative estimate of drug-likeness (QED) is 0.841. The Morgan fingerprint density at radius 3 is 2.94 bits per heavy atom. The number of carboxylic acid groups (broad SMARTS) is 1. The zero-order valence-corrected chi connectivity index (χ0v) is 9.30. The Bertz CT molecular complexity index is 521. The second-order valence-electron chi connectivity index (χ2n) is 3.54. The molecule has 5 nitrogen and oxygen atoms in total. The van der Waals surface area contributed by atoms with E-state index in [4.69, 9.17) is 9.84 Å². The van der Waals surface area contributed by atoms with Crippen LogP contribution in [0.25, 0.3) is 0 Å². The summed E-state index contributed by atoms with van der Waals surface area (Å²) in [6.07, 6.45) is 3.89. The number of imidazole rings is 1. The Balaban J connectivity index is 2.40. The Morgan fingerprint density at radius 2 is 2.35 bits per heavy atom. The van der Waals surface area contributed by atoms with Crippen molar-refractivity contribution in [1.82, 2.24) is 9.97 Å². The molecule has 0 bridgehead atoms. The monoisotopic (exact) mass is 232 g/mol. The second-order valence-corrected chi connectivity index (χ2v) is 3.54. The molecule has 0 atom stereocenters. The normalized spacial score (nSPS) is 10.2. The lowest BCUT2D eigenvalue weighted by Gasteiger charge is -2.10. The van der Waals surface area contributed by atoms with E-state index in [1.807, 2.05) is 6.07 Å². The van der Waals surface area contributed by atoms with Crippen LogP contribution in [0, 0.1) is 0 Å². The van der Waals surface area contributed by atoms with E-state index in [-0.39, 0.29) is 5.56 Å². The maximum atomic E-state index is 11.0. The lowest BCUT2D eigenvalue weighted by molar-refractivity contribution is 0.0693. The number of H-pyrrole nitrogens is 1. The summed E-state index contributed by atoms with van der Waals surface area (Å²) in [5.41, 5.74) is 1.81. The molecule has 0 amide bonds. The van der Waals surface area contributed by atoms with Crippen LogP contribution in [-0.4, -0.2) is 28.2 Å². The largest absolute Gasteiger partial charge is 0.496 e. The molecule has 1 aromatic carbocycles. The molecule has 0 spiro atoms. The maximum Gasteiger partial charge on any atom is 0.339 e. The van der Waals surface area contributed by atoms with Gasteiger partial charge in [0.2, 0.25) is 0 Å². The van der Waals surface area contributed by atoms with Crippen molar-refractivity contribution in [2.24, 2.45) is 0 Å². The number of ether oxygens (including phenoxy) is 1. The number of aromatic carboxylic acids is 1. The van der Waals surface area contributed by atoms with Crippen molar-refractivity contribution in [3.05, 3.63) is 47.5 Å². The number of rotatable bonds is 4. The molecule has 0 aliphatic heterocycles. The molecule has 0 fully saturated rings. The smallest absolute Gasteiger partial charge is 0.339 e. The number of carboxylic acids is 1. The zero-order chi connectivity index (χ0) is 12.3. The van der Waals surface area contributed by atoms with E-state index in [1.165, 1.54) is 13.2 Å². The third-order valence-electron chi connectivity index (χ3n) is 2.46. The minimum atomic E-state index is -0.995. The van der Waals surface area contributed by atoms with Gasteiger partial charge in [-0.3, -0.25) is 0 Å². The van der Waals surface area contributed by atoms with Crippen LogP contribution in [0.4, 0.5) is 0 Å². The molecule has 2 aromatic rings. The Morgan fingerprint density at radius 1 is 1.53 bits per heavy atom. The summed E-state index contributed by atoms with van der Waals surface area (Å²) in [5, 5.41) is 9.05. The first-order valence-electron chi connectivity index (χ1n) is 5.09. The minimum Gasteiger partial charge on any atom is -0.496 e. The summed E-state index contributed by atoms with van der Waals surface area (Å²) in [7, 11) is 1.47. The first-order chi connectivity index (χ1) is 8.22. The molecule has 0 aliphatic carbocycles. The van der Waals surface area contributed by atoms with Crippen LogP contribution in [0.1, 0.15) is 21.6 Å². The highest BCUT2D eigenvalue weighted by molar-refractivity contribution is 5.91. The van der Waals surface area contributed by atoms with E-state index < -0.39 is 5.97 Å². The fourth-order valence-corrected chi connectivity index (χ4v) is 1.72. The van der Waals surface area contributed by atoms with Crippen LogP contribution in [0.2, 0.25) is 0 Å². The van der Waals surface area contributed by atoms with Gasteiger partial charge in [-0.15, -0.1) is 0 Å². The first kappa shape index (κ1) is 11.2. The van der Waals surface area contributed by atoms with Gasteiger partial charge in [-0.25, -0.2) is 9.78 Å². The van der Waals surface area contributed by atoms with Gasteiger partial charge in [0, 0.05) is 18.2 Å². The van der Waals surface area contributed by atoms with Gasteiger partial charge < -0.3 is 14.8 Å².